The maximum atomic E-state index is 4.70. The van der Waals surface area contributed by atoms with E-state index in [1.165, 1.54) is 12.8 Å². The summed E-state index contributed by atoms with van der Waals surface area (Å²) in [6.07, 6.45) is 4.50. The molecule has 0 aromatic rings. The van der Waals surface area contributed by atoms with E-state index in [9.17, 15) is 0 Å². The molecule has 0 aliphatic rings. The number of rotatable bonds is 3. The van der Waals surface area contributed by atoms with Crippen LogP contribution in [0.3, 0.4) is 0 Å². The van der Waals surface area contributed by atoms with Crippen molar-refractivity contribution >= 4 is 12.6 Å². The summed E-state index contributed by atoms with van der Waals surface area (Å²) in [5, 5.41) is 0. The van der Waals surface area contributed by atoms with Gasteiger partial charge in [0.2, 0.25) is 0 Å². The van der Waals surface area contributed by atoms with Gasteiger partial charge in [0, 0.05) is 5.75 Å². The molecule has 0 nitrogen and oxygen atoms in total. The molecule has 1 heteroatoms. The molecule has 0 rings (SSSR count). The summed E-state index contributed by atoms with van der Waals surface area (Å²) in [6, 6.07) is 0. The van der Waals surface area contributed by atoms with Gasteiger partial charge in [-0.25, -0.2) is 0 Å². The quantitative estimate of drug-likeness (QED) is 0.479. The van der Waals surface area contributed by atoms with Gasteiger partial charge in [0.15, 0.2) is 0 Å². The number of unbranched alkanes of at least 4 members (excludes halogenated alkanes) is 2. The molecule has 0 aromatic carbocycles. The highest BCUT2D eigenvalue weighted by Crippen LogP contribution is 1.92. The Morgan fingerprint density at radius 2 is 2.33 bits per heavy atom. The summed E-state index contributed by atoms with van der Waals surface area (Å²) in [4.78, 5) is 0. The summed E-state index contributed by atoms with van der Waals surface area (Å²) in [5.41, 5.74) is 0. The first-order chi connectivity index (χ1) is 2.91. The third kappa shape index (κ3) is 4.35. The molecule has 2 radical (unpaired) electrons. The van der Waals surface area contributed by atoms with Crippen molar-refractivity contribution in [1.82, 2.24) is 0 Å². The molecule has 0 aliphatic carbocycles. The van der Waals surface area contributed by atoms with Crippen LogP contribution < -0.4 is 0 Å². The minimum Gasteiger partial charge on any atom is -0.0942 e. The first-order valence-corrected chi connectivity index (χ1v) is 2.85. The van der Waals surface area contributed by atoms with Gasteiger partial charge in [0.05, 0.1) is 0 Å². The van der Waals surface area contributed by atoms with Crippen LogP contribution in [0.5, 0.6) is 0 Å². The lowest BCUT2D eigenvalue weighted by Gasteiger charge is -1.84. The second kappa shape index (κ2) is 5.35. The fourth-order valence-electron chi connectivity index (χ4n) is 0.287. The van der Waals surface area contributed by atoms with Crippen LogP contribution in [0.4, 0.5) is 0 Å². The Balaban J connectivity index is 2.34. The molecule has 0 heterocycles. The van der Waals surface area contributed by atoms with Gasteiger partial charge in [-0.15, -0.1) is 0 Å². The zero-order valence-corrected chi connectivity index (χ0v) is 4.92. The van der Waals surface area contributed by atoms with Crippen LogP contribution in [0.2, 0.25) is 0 Å². The normalized spacial score (nSPS) is 9.00. The van der Waals surface area contributed by atoms with E-state index in [1.807, 2.05) is 0 Å². The Labute approximate surface area is 45.4 Å². The topological polar surface area (TPSA) is 0 Å². The monoisotopic (exact) mass is 102 g/mol. The molecule has 0 N–H and O–H groups in total. The van der Waals surface area contributed by atoms with Crippen LogP contribution in [0.25, 0.3) is 0 Å². The van der Waals surface area contributed by atoms with Crippen LogP contribution >= 0.6 is 12.6 Å². The van der Waals surface area contributed by atoms with Gasteiger partial charge in [-0.1, -0.05) is 19.6 Å². The van der Waals surface area contributed by atoms with Crippen molar-refractivity contribution in [3.8, 4) is 0 Å². The van der Waals surface area contributed by atoms with E-state index in [-0.39, 0.29) is 0 Å². The van der Waals surface area contributed by atoms with Gasteiger partial charge in [-0.2, -0.15) is 0 Å². The van der Waals surface area contributed by atoms with Gasteiger partial charge < -0.3 is 0 Å². The fourth-order valence-corrected chi connectivity index (χ4v) is 0.454. The highest BCUT2D eigenvalue weighted by atomic mass is 32.1. The van der Waals surface area contributed by atoms with Crippen molar-refractivity contribution in [2.75, 3.05) is 5.75 Å². The van der Waals surface area contributed by atoms with E-state index in [4.69, 9.17) is 12.6 Å². The summed E-state index contributed by atoms with van der Waals surface area (Å²) >= 11 is 4.70. The second-order valence-corrected chi connectivity index (χ2v) is 1.66. The SMILES string of the molecule is C[CH]CCC[S]. The van der Waals surface area contributed by atoms with Crippen molar-refractivity contribution in [2.45, 2.75) is 19.8 Å². The smallest absolute Gasteiger partial charge is 0.00370 e. The lowest BCUT2D eigenvalue weighted by Crippen LogP contribution is -1.71. The first-order valence-electron chi connectivity index (χ1n) is 2.27. The predicted molar refractivity (Wildman–Crippen MR) is 31.7 cm³/mol. The molecule has 6 heavy (non-hydrogen) atoms. The van der Waals surface area contributed by atoms with Crippen molar-refractivity contribution in [1.29, 1.82) is 0 Å². The van der Waals surface area contributed by atoms with Gasteiger partial charge in [0.1, 0.15) is 0 Å². The van der Waals surface area contributed by atoms with Gasteiger partial charge in [0.25, 0.3) is 0 Å². The van der Waals surface area contributed by atoms with E-state index in [2.05, 4.69) is 13.3 Å². The highest BCUT2D eigenvalue weighted by molar-refractivity contribution is 7.80. The summed E-state index contributed by atoms with van der Waals surface area (Å²) < 4.78 is 0. The maximum Gasteiger partial charge on any atom is 0.00370 e. The van der Waals surface area contributed by atoms with E-state index in [0.717, 1.165) is 5.75 Å². The van der Waals surface area contributed by atoms with Crippen LogP contribution in [0, 0.1) is 6.42 Å². The summed E-state index contributed by atoms with van der Waals surface area (Å²) in [6.45, 7) is 2.06. The zero-order valence-electron chi connectivity index (χ0n) is 4.11. The molecule has 0 aromatic heterocycles. The average molecular weight is 102 g/mol. The summed E-state index contributed by atoms with van der Waals surface area (Å²) in [7, 11) is 0. The Morgan fingerprint density at radius 1 is 1.67 bits per heavy atom. The van der Waals surface area contributed by atoms with E-state index < -0.39 is 0 Å². The molecular weight excluding hydrogens is 92.1 g/mol. The second-order valence-electron chi connectivity index (χ2n) is 1.25. The van der Waals surface area contributed by atoms with Gasteiger partial charge >= 0.3 is 0 Å². The Bertz CT molecular complexity index is 15.9. The molecule has 0 bridgehead atoms. The largest absolute Gasteiger partial charge is 0.0942 e. The Morgan fingerprint density at radius 3 is 2.50 bits per heavy atom. The molecule has 0 saturated heterocycles. The minimum absolute atomic E-state index is 0.907. The molecule has 0 fully saturated rings. The van der Waals surface area contributed by atoms with E-state index in [0.29, 0.717) is 0 Å². The van der Waals surface area contributed by atoms with Crippen LogP contribution in [0.15, 0.2) is 0 Å². The molecule has 0 atom stereocenters. The third-order valence-corrected chi connectivity index (χ3v) is 0.926. The lowest BCUT2D eigenvalue weighted by atomic mass is 10.3. The zero-order chi connectivity index (χ0) is 4.83. The molecule has 0 aliphatic heterocycles. The molecular formula is C5H10S. The van der Waals surface area contributed by atoms with Crippen molar-refractivity contribution in [2.24, 2.45) is 0 Å². The molecule has 36 valence electrons. The third-order valence-electron chi connectivity index (χ3n) is 0.637. The summed E-state index contributed by atoms with van der Waals surface area (Å²) in [5.74, 6) is 0.907. The van der Waals surface area contributed by atoms with Crippen molar-refractivity contribution < 1.29 is 0 Å². The molecule has 0 unspecified atom stereocenters. The van der Waals surface area contributed by atoms with Crippen molar-refractivity contribution in [3.05, 3.63) is 6.42 Å². The van der Waals surface area contributed by atoms with E-state index in [1.54, 1.807) is 0 Å². The predicted octanol–water partition coefficient (Wildman–Crippen LogP) is 2.19. The lowest BCUT2D eigenvalue weighted by molar-refractivity contribution is 0.914. The van der Waals surface area contributed by atoms with Gasteiger partial charge in [-0.05, 0) is 19.3 Å². The Kier molecular flexibility index (Phi) is 5.66. The highest BCUT2D eigenvalue weighted by Gasteiger charge is 1.76. The standard InChI is InChI=1S/C5H10S/c1-2-3-4-5-6/h2H,3-5H2,1H3. The fraction of sp³-hybridized carbons (Fsp3) is 0.800. The van der Waals surface area contributed by atoms with Gasteiger partial charge in [-0.3, -0.25) is 0 Å². The first kappa shape index (κ1) is 6.35. The minimum atomic E-state index is 0.907. The van der Waals surface area contributed by atoms with Crippen LogP contribution in [0.1, 0.15) is 19.8 Å². The molecule has 0 saturated carbocycles. The molecule has 0 amide bonds. The number of hydrogen-bond donors (Lipinski definition) is 0. The maximum absolute atomic E-state index is 4.70. The van der Waals surface area contributed by atoms with Crippen LogP contribution in [-0.4, -0.2) is 5.75 Å². The Hall–Kier alpha value is 0.350. The molecule has 0 spiro atoms. The van der Waals surface area contributed by atoms with E-state index >= 15 is 0 Å². The average Bonchev–Trinajstić information content (AvgIpc) is 1.61. The van der Waals surface area contributed by atoms with Crippen molar-refractivity contribution in [3.63, 3.8) is 0 Å². The van der Waals surface area contributed by atoms with Crippen LogP contribution in [-0.2, 0) is 0 Å². The number of hydrogen-bond acceptors (Lipinski definition) is 0.